The number of hydrogen-bond acceptors (Lipinski definition) is 7. The zero-order valence-corrected chi connectivity index (χ0v) is 19.0. The molecule has 1 atom stereocenters. The summed E-state index contributed by atoms with van der Waals surface area (Å²) in [6.45, 7) is 6.90. The van der Waals surface area contributed by atoms with E-state index in [9.17, 15) is 23.3 Å². The van der Waals surface area contributed by atoms with Crippen LogP contribution in [0.15, 0.2) is 23.1 Å². The zero-order chi connectivity index (χ0) is 22.8. The monoisotopic (exact) mass is 454 g/mol. The Balaban J connectivity index is 1.65. The molecule has 31 heavy (non-hydrogen) atoms. The smallest absolute Gasteiger partial charge is 0.312 e. The van der Waals surface area contributed by atoms with Gasteiger partial charge in [0.05, 0.1) is 23.0 Å². The quantitative estimate of drug-likeness (QED) is 0.473. The fourth-order valence-electron chi connectivity index (χ4n) is 4.10. The number of carbonyl (C=O) groups excluding carboxylic acids is 1. The molecular formula is C20H30N4O6S. The van der Waals surface area contributed by atoms with Gasteiger partial charge in [-0.2, -0.15) is 4.31 Å². The van der Waals surface area contributed by atoms with E-state index in [4.69, 9.17) is 4.74 Å². The second-order valence-corrected chi connectivity index (χ2v) is 10.2. The molecule has 0 bridgehead atoms. The Morgan fingerprint density at radius 3 is 2.32 bits per heavy atom. The van der Waals surface area contributed by atoms with E-state index in [1.54, 1.807) is 0 Å². The summed E-state index contributed by atoms with van der Waals surface area (Å²) in [5.41, 5.74) is -0.391. The molecule has 0 aromatic heterocycles. The van der Waals surface area contributed by atoms with E-state index in [1.165, 1.54) is 23.5 Å². The van der Waals surface area contributed by atoms with E-state index >= 15 is 0 Å². The third-order valence-electron chi connectivity index (χ3n) is 6.26. The molecule has 0 aliphatic carbocycles. The molecule has 3 rings (SSSR count). The van der Waals surface area contributed by atoms with Gasteiger partial charge in [-0.1, -0.05) is 6.92 Å². The number of piperazine rings is 1. The number of piperidine rings is 1. The Morgan fingerprint density at radius 1 is 1.16 bits per heavy atom. The van der Waals surface area contributed by atoms with Crippen molar-refractivity contribution in [1.29, 1.82) is 0 Å². The molecule has 11 heteroatoms. The molecule has 10 nitrogen and oxygen atoms in total. The van der Waals surface area contributed by atoms with Crippen molar-refractivity contribution in [3.8, 4) is 5.75 Å². The van der Waals surface area contributed by atoms with Gasteiger partial charge in [0.2, 0.25) is 15.9 Å². The number of benzene rings is 1. The minimum Gasteiger partial charge on any atom is -0.490 e. The van der Waals surface area contributed by atoms with Crippen LogP contribution in [0.3, 0.4) is 0 Å². The predicted molar refractivity (Wildman–Crippen MR) is 114 cm³/mol. The van der Waals surface area contributed by atoms with Crippen molar-refractivity contribution in [2.24, 2.45) is 5.92 Å². The summed E-state index contributed by atoms with van der Waals surface area (Å²) in [4.78, 5) is 27.2. The maximum absolute atomic E-state index is 13.0. The fraction of sp³-hybridized carbons (Fsp3) is 0.650. The van der Waals surface area contributed by atoms with Gasteiger partial charge in [-0.25, -0.2) is 8.42 Å². The highest BCUT2D eigenvalue weighted by Gasteiger charge is 2.34. The average Bonchev–Trinajstić information content (AvgIpc) is 2.78. The van der Waals surface area contributed by atoms with Gasteiger partial charge >= 0.3 is 5.69 Å². The average molecular weight is 455 g/mol. The van der Waals surface area contributed by atoms with Gasteiger partial charge in [0.1, 0.15) is 0 Å². The molecule has 1 amide bonds. The molecule has 0 N–H and O–H groups in total. The number of rotatable bonds is 6. The molecule has 1 aromatic rings. The Kier molecular flexibility index (Phi) is 7.17. The standard InChI is InChI=1S/C20H30N4O6S/c1-15-6-8-22(9-7-15)20(25)16(2)21-10-12-23(13-11-21)31(28,29)17-4-5-19(30-3)18(14-17)24(26)27/h4-5,14-16H,6-13H2,1-3H3. The lowest BCUT2D eigenvalue weighted by Crippen LogP contribution is -2.56. The van der Waals surface area contributed by atoms with Crippen LogP contribution in [0.5, 0.6) is 5.75 Å². The minimum atomic E-state index is -3.89. The highest BCUT2D eigenvalue weighted by molar-refractivity contribution is 7.89. The van der Waals surface area contributed by atoms with E-state index in [2.05, 4.69) is 6.92 Å². The van der Waals surface area contributed by atoms with Gasteiger partial charge in [-0.15, -0.1) is 0 Å². The summed E-state index contributed by atoms with van der Waals surface area (Å²) >= 11 is 0. The van der Waals surface area contributed by atoms with Crippen molar-refractivity contribution in [1.82, 2.24) is 14.1 Å². The van der Waals surface area contributed by atoms with Crippen LogP contribution in [0.2, 0.25) is 0 Å². The third-order valence-corrected chi connectivity index (χ3v) is 8.15. The number of nitro groups is 1. The topological polar surface area (TPSA) is 113 Å². The largest absolute Gasteiger partial charge is 0.490 e. The molecule has 2 fully saturated rings. The van der Waals surface area contributed by atoms with Crippen LogP contribution in [0, 0.1) is 16.0 Å². The molecule has 2 saturated heterocycles. The number of hydrogen-bond donors (Lipinski definition) is 0. The highest BCUT2D eigenvalue weighted by atomic mass is 32.2. The number of likely N-dealkylation sites (tertiary alicyclic amines) is 1. The van der Waals surface area contributed by atoms with Crippen LogP contribution in [-0.4, -0.2) is 85.8 Å². The van der Waals surface area contributed by atoms with Crippen molar-refractivity contribution < 1.29 is 22.9 Å². The van der Waals surface area contributed by atoms with Gasteiger partial charge < -0.3 is 9.64 Å². The number of nitro benzene ring substituents is 1. The Labute approximate surface area is 182 Å². The molecule has 0 spiro atoms. The number of amides is 1. The van der Waals surface area contributed by atoms with Crippen LogP contribution in [0.25, 0.3) is 0 Å². The van der Waals surface area contributed by atoms with E-state index < -0.39 is 20.6 Å². The van der Waals surface area contributed by atoms with E-state index in [0.29, 0.717) is 19.0 Å². The number of nitrogens with zero attached hydrogens (tertiary/aromatic N) is 4. The number of sulfonamides is 1. The minimum absolute atomic E-state index is 0.00760. The van der Waals surface area contributed by atoms with Crippen molar-refractivity contribution in [3.05, 3.63) is 28.3 Å². The van der Waals surface area contributed by atoms with Gasteiger partial charge in [-0.3, -0.25) is 19.8 Å². The van der Waals surface area contributed by atoms with Crippen LogP contribution >= 0.6 is 0 Å². The second-order valence-electron chi connectivity index (χ2n) is 8.21. The Hall–Kier alpha value is -2.24. The molecule has 0 saturated carbocycles. The number of ether oxygens (including phenoxy) is 1. The first-order chi connectivity index (χ1) is 14.6. The van der Waals surface area contributed by atoms with Crippen molar-refractivity contribution >= 4 is 21.6 Å². The van der Waals surface area contributed by atoms with Crippen LogP contribution < -0.4 is 4.74 Å². The molecule has 2 aliphatic heterocycles. The highest BCUT2D eigenvalue weighted by Crippen LogP contribution is 2.31. The van der Waals surface area contributed by atoms with Gasteiger partial charge in [0.15, 0.2) is 5.75 Å². The normalized spacial score (nSPS) is 20.4. The molecule has 1 unspecified atom stereocenters. The molecule has 172 valence electrons. The molecular weight excluding hydrogens is 424 g/mol. The Morgan fingerprint density at radius 2 is 1.77 bits per heavy atom. The van der Waals surface area contributed by atoms with Gasteiger partial charge in [-0.05, 0) is 37.8 Å². The van der Waals surface area contributed by atoms with Crippen molar-refractivity contribution in [3.63, 3.8) is 0 Å². The summed E-state index contributed by atoms with van der Waals surface area (Å²) in [7, 11) is -2.59. The predicted octanol–water partition coefficient (Wildman–Crippen LogP) is 1.56. The van der Waals surface area contributed by atoms with Crippen LogP contribution in [-0.2, 0) is 14.8 Å². The molecule has 2 aliphatic rings. The summed E-state index contributed by atoms with van der Waals surface area (Å²) in [5.74, 6) is 0.740. The maximum Gasteiger partial charge on any atom is 0.312 e. The fourth-order valence-corrected chi connectivity index (χ4v) is 5.55. The summed E-state index contributed by atoms with van der Waals surface area (Å²) in [6.07, 6.45) is 2.02. The summed E-state index contributed by atoms with van der Waals surface area (Å²) < 4.78 is 32.3. The van der Waals surface area contributed by atoms with Gasteiger partial charge in [0, 0.05) is 45.3 Å². The first-order valence-corrected chi connectivity index (χ1v) is 11.9. The second kappa shape index (κ2) is 9.49. The third kappa shape index (κ3) is 4.99. The first kappa shape index (κ1) is 23.4. The molecule has 1 aromatic carbocycles. The lowest BCUT2D eigenvalue weighted by Gasteiger charge is -2.39. The lowest BCUT2D eigenvalue weighted by atomic mass is 9.98. The SMILES string of the molecule is COc1ccc(S(=O)(=O)N2CCN(C(C)C(=O)N3CCC(C)CC3)CC2)cc1[N+](=O)[O-]. The molecule has 0 radical (unpaired) electrons. The lowest BCUT2D eigenvalue weighted by molar-refractivity contribution is -0.386. The van der Waals surface area contributed by atoms with E-state index in [1.807, 2.05) is 16.7 Å². The summed E-state index contributed by atoms with van der Waals surface area (Å²) in [5, 5.41) is 11.2. The van der Waals surface area contributed by atoms with Crippen LogP contribution in [0.4, 0.5) is 5.69 Å². The van der Waals surface area contributed by atoms with E-state index in [-0.39, 0.29) is 35.7 Å². The number of methoxy groups -OCH3 is 1. The maximum atomic E-state index is 13.0. The zero-order valence-electron chi connectivity index (χ0n) is 18.2. The Bertz CT molecular complexity index is 922. The first-order valence-electron chi connectivity index (χ1n) is 10.5. The molecule has 2 heterocycles. The van der Waals surface area contributed by atoms with Crippen LogP contribution in [0.1, 0.15) is 26.7 Å². The van der Waals surface area contributed by atoms with Crippen molar-refractivity contribution in [2.75, 3.05) is 46.4 Å². The van der Waals surface area contributed by atoms with Crippen molar-refractivity contribution in [2.45, 2.75) is 37.6 Å². The summed E-state index contributed by atoms with van der Waals surface area (Å²) in [6, 6.07) is 3.34. The van der Waals surface area contributed by atoms with E-state index in [0.717, 1.165) is 32.0 Å². The number of carbonyl (C=O) groups is 1. The van der Waals surface area contributed by atoms with Gasteiger partial charge in [0.25, 0.3) is 0 Å².